The number of guanidine groups is 1. The molecule has 54 valence electrons. The van der Waals surface area contributed by atoms with Crippen LogP contribution in [0.2, 0.25) is 0 Å². The first-order valence-electron chi connectivity index (χ1n) is 3.03. The van der Waals surface area contributed by atoms with Gasteiger partial charge >= 0.3 is 0 Å². The van der Waals surface area contributed by atoms with Crippen LogP contribution in [0.4, 0.5) is 0 Å². The van der Waals surface area contributed by atoms with Gasteiger partial charge in [-0.15, -0.1) is 0 Å². The van der Waals surface area contributed by atoms with Crippen LogP contribution in [-0.4, -0.2) is 19.0 Å². The van der Waals surface area contributed by atoms with Gasteiger partial charge in [-0.3, -0.25) is 5.41 Å². The van der Waals surface area contributed by atoms with Crippen molar-refractivity contribution in [2.24, 2.45) is 11.5 Å². The van der Waals surface area contributed by atoms with E-state index in [0.29, 0.717) is 0 Å². The second-order valence-corrected chi connectivity index (χ2v) is 1.91. The van der Waals surface area contributed by atoms with E-state index in [-0.39, 0.29) is 5.96 Å². The molecular formula is C5H14N4. The average molecular weight is 130 g/mol. The number of nitrogens with one attached hydrogen (secondary N) is 2. The fraction of sp³-hybridized carbons (Fsp3) is 0.800. The molecule has 0 bridgehead atoms. The Labute approximate surface area is 55.1 Å². The van der Waals surface area contributed by atoms with E-state index in [1.165, 1.54) is 25.9 Å². The highest BCUT2D eigenvalue weighted by Crippen LogP contribution is 1.90. The van der Waals surface area contributed by atoms with Crippen molar-refractivity contribution in [2.75, 3.05) is 13.1 Å². The highest BCUT2D eigenvalue weighted by Gasteiger charge is 1.93. The lowest BCUT2D eigenvalue weighted by molar-refractivity contribution is 0.857. The van der Waals surface area contributed by atoms with Crippen LogP contribution in [-0.2, 0) is 0 Å². The van der Waals surface area contributed by atoms with E-state index in [9.17, 15) is 0 Å². The second kappa shape index (κ2) is 5.37. The Kier molecular flexibility index (Phi) is 4.91. The zero-order valence-electron chi connectivity index (χ0n) is 5.48. The van der Waals surface area contributed by atoms with Crippen LogP contribution in [0.25, 0.3) is 0 Å². The molecule has 0 spiro atoms. The van der Waals surface area contributed by atoms with Crippen LogP contribution in [0.3, 0.4) is 0 Å². The van der Waals surface area contributed by atoms with E-state index in [1.807, 2.05) is 0 Å². The largest absolute Gasteiger partial charge is 0.370 e. The summed E-state index contributed by atoms with van der Waals surface area (Å²) in [6, 6.07) is 0. The van der Waals surface area contributed by atoms with E-state index in [2.05, 4.69) is 16.8 Å². The summed E-state index contributed by atoms with van der Waals surface area (Å²) in [4.78, 5) is 0. The van der Waals surface area contributed by atoms with Crippen molar-refractivity contribution in [1.29, 1.82) is 5.41 Å². The van der Waals surface area contributed by atoms with Crippen LogP contribution in [0, 0.1) is 5.41 Å². The Morgan fingerprint density at radius 2 is 1.56 bits per heavy atom. The maximum atomic E-state index is 6.06. The first-order chi connectivity index (χ1) is 4.23. The smallest absolute Gasteiger partial charge is 0.183 e. The van der Waals surface area contributed by atoms with Crippen molar-refractivity contribution in [1.82, 2.24) is 5.32 Å². The molecule has 0 aromatic rings. The van der Waals surface area contributed by atoms with E-state index >= 15 is 0 Å². The molecule has 0 aromatic carbocycles. The van der Waals surface area contributed by atoms with Crippen molar-refractivity contribution in [3.8, 4) is 0 Å². The highest BCUT2D eigenvalue weighted by molar-refractivity contribution is 5.71. The monoisotopic (exact) mass is 130 g/mol. The van der Waals surface area contributed by atoms with Crippen LogP contribution in [0.5, 0.6) is 0 Å². The molecule has 1 rings (SSSR count). The standard InChI is InChI=1S/C4H9N.CH5N3/c1-2-4-5-3-1;2-1(3)4/h5H,1-4H2;(H5,2,3,4). The quantitative estimate of drug-likeness (QED) is 0.256. The predicted octanol–water partition coefficient (Wildman–Crippen LogP) is -0.792. The Hall–Kier alpha value is -0.770. The third kappa shape index (κ3) is 11.1. The molecule has 0 aliphatic carbocycles. The van der Waals surface area contributed by atoms with E-state index in [0.717, 1.165) is 0 Å². The van der Waals surface area contributed by atoms with Crippen LogP contribution >= 0.6 is 0 Å². The summed E-state index contributed by atoms with van der Waals surface area (Å²) in [5.41, 5.74) is 8.94. The lowest BCUT2D eigenvalue weighted by atomic mass is 10.4. The molecule has 0 aromatic heterocycles. The Bertz CT molecular complexity index is 65.4. The molecule has 1 aliphatic rings. The minimum absolute atomic E-state index is 0.333. The fourth-order valence-corrected chi connectivity index (χ4v) is 0.625. The first-order valence-corrected chi connectivity index (χ1v) is 3.03. The summed E-state index contributed by atoms with van der Waals surface area (Å²) in [6.07, 6.45) is 2.78. The summed E-state index contributed by atoms with van der Waals surface area (Å²) in [6.45, 7) is 2.50. The molecule has 1 saturated heterocycles. The van der Waals surface area contributed by atoms with Gasteiger partial charge in [-0.1, -0.05) is 0 Å². The van der Waals surface area contributed by atoms with Crippen molar-refractivity contribution in [3.05, 3.63) is 0 Å². The SMILES string of the molecule is C1CCNC1.N=C(N)N. The van der Waals surface area contributed by atoms with Crippen LogP contribution < -0.4 is 16.8 Å². The molecule has 0 saturated carbocycles. The molecule has 1 aliphatic heterocycles. The average Bonchev–Trinajstić information content (AvgIpc) is 2.11. The maximum Gasteiger partial charge on any atom is 0.183 e. The number of rotatable bonds is 0. The highest BCUT2D eigenvalue weighted by atomic mass is 14.9. The van der Waals surface area contributed by atoms with Gasteiger partial charge < -0.3 is 16.8 Å². The molecule has 1 heterocycles. The Balaban J connectivity index is 0.000000148. The Morgan fingerprint density at radius 3 is 1.67 bits per heavy atom. The normalized spacial score (nSPS) is 16.0. The van der Waals surface area contributed by atoms with E-state index in [1.54, 1.807) is 0 Å². The maximum absolute atomic E-state index is 6.06. The van der Waals surface area contributed by atoms with E-state index < -0.39 is 0 Å². The summed E-state index contributed by atoms with van der Waals surface area (Å²) in [7, 11) is 0. The van der Waals surface area contributed by atoms with Crippen molar-refractivity contribution in [3.63, 3.8) is 0 Å². The van der Waals surface area contributed by atoms with Gasteiger partial charge in [0.2, 0.25) is 0 Å². The summed E-state index contributed by atoms with van der Waals surface area (Å²) < 4.78 is 0. The number of hydrogen-bond donors (Lipinski definition) is 4. The third-order valence-corrected chi connectivity index (χ3v) is 0.957. The minimum atomic E-state index is -0.333. The predicted molar refractivity (Wildman–Crippen MR) is 38.2 cm³/mol. The first kappa shape index (κ1) is 8.23. The van der Waals surface area contributed by atoms with E-state index in [4.69, 9.17) is 5.41 Å². The van der Waals surface area contributed by atoms with Gasteiger partial charge in [0.05, 0.1) is 0 Å². The third-order valence-electron chi connectivity index (χ3n) is 0.957. The summed E-state index contributed by atoms with van der Waals surface area (Å²) in [5.74, 6) is -0.333. The molecule has 4 nitrogen and oxygen atoms in total. The Morgan fingerprint density at radius 1 is 1.22 bits per heavy atom. The van der Waals surface area contributed by atoms with Crippen molar-refractivity contribution in [2.45, 2.75) is 12.8 Å². The van der Waals surface area contributed by atoms with Gasteiger partial charge in [-0.25, -0.2) is 0 Å². The van der Waals surface area contributed by atoms with Gasteiger partial charge in [0, 0.05) is 0 Å². The molecular weight excluding hydrogens is 116 g/mol. The molecule has 0 radical (unpaired) electrons. The lowest BCUT2D eigenvalue weighted by Gasteiger charge is -1.76. The second-order valence-electron chi connectivity index (χ2n) is 1.91. The zero-order chi connectivity index (χ0) is 7.11. The van der Waals surface area contributed by atoms with Crippen LogP contribution in [0.1, 0.15) is 12.8 Å². The molecule has 0 atom stereocenters. The van der Waals surface area contributed by atoms with Gasteiger partial charge in [0.25, 0.3) is 0 Å². The van der Waals surface area contributed by atoms with Crippen molar-refractivity contribution >= 4 is 5.96 Å². The van der Waals surface area contributed by atoms with Gasteiger partial charge in [0.1, 0.15) is 0 Å². The van der Waals surface area contributed by atoms with Gasteiger partial charge in [-0.05, 0) is 25.9 Å². The summed E-state index contributed by atoms with van der Waals surface area (Å²) >= 11 is 0. The van der Waals surface area contributed by atoms with Gasteiger partial charge in [-0.2, -0.15) is 0 Å². The van der Waals surface area contributed by atoms with Crippen LogP contribution in [0.15, 0.2) is 0 Å². The minimum Gasteiger partial charge on any atom is -0.370 e. The molecule has 4 heteroatoms. The summed E-state index contributed by atoms with van der Waals surface area (Å²) in [5, 5.41) is 9.28. The van der Waals surface area contributed by atoms with Crippen molar-refractivity contribution < 1.29 is 0 Å². The lowest BCUT2D eigenvalue weighted by Crippen LogP contribution is -2.20. The number of hydrogen-bond acceptors (Lipinski definition) is 2. The topological polar surface area (TPSA) is 87.9 Å². The molecule has 9 heavy (non-hydrogen) atoms. The molecule has 0 unspecified atom stereocenters. The molecule has 6 N–H and O–H groups in total. The molecule has 1 fully saturated rings. The molecule has 0 amide bonds. The zero-order valence-corrected chi connectivity index (χ0v) is 5.48. The number of nitrogens with two attached hydrogens (primary N) is 2. The van der Waals surface area contributed by atoms with Gasteiger partial charge in [0.15, 0.2) is 5.96 Å². The fourth-order valence-electron chi connectivity index (χ4n) is 0.625.